The summed E-state index contributed by atoms with van der Waals surface area (Å²) >= 11 is 7.66. The molecule has 0 saturated heterocycles. The molecule has 2 aliphatic carbocycles. The van der Waals surface area contributed by atoms with Crippen LogP contribution in [0.15, 0.2) is 45.4 Å². The topological polar surface area (TPSA) is 74.8 Å². The molecule has 0 fully saturated rings. The Bertz CT molecular complexity index is 1990. The third kappa shape index (κ3) is 4.31. The molecule has 45 heavy (non-hydrogen) atoms. The highest BCUT2D eigenvalue weighted by Crippen LogP contribution is 2.53. The second kappa shape index (κ2) is 10.6. The van der Waals surface area contributed by atoms with Crippen molar-refractivity contribution in [3.05, 3.63) is 78.7 Å². The van der Waals surface area contributed by atoms with Crippen LogP contribution in [0.3, 0.4) is 0 Å². The highest BCUT2D eigenvalue weighted by atomic mass is 79.9. The molecule has 8 heteroatoms. The first-order chi connectivity index (χ1) is 21.3. The Labute approximate surface area is 279 Å². The van der Waals surface area contributed by atoms with Crippen LogP contribution in [0.4, 0.5) is 0 Å². The number of nitrogens with zero attached hydrogens (tertiary/aromatic N) is 2. The Morgan fingerprint density at radius 2 is 1.18 bits per heavy atom. The summed E-state index contributed by atoms with van der Waals surface area (Å²) in [6, 6.07) is 8.97. The van der Waals surface area contributed by atoms with Crippen LogP contribution < -0.4 is 0 Å². The molecule has 2 heterocycles. The highest BCUT2D eigenvalue weighted by Gasteiger charge is 2.43. The van der Waals surface area contributed by atoms with Gasteiger partial charge in [-0.1, -0.05) is 71.7 Å². The number of amides is 4. The summed E-state index contributed by atoms with van der Waals surface area (Å²) < 4.78 is 1.47. The van der Waals surface area contributed by atoms with Gasteiger partial charge >= 0.3 is 0 Å². The van der Waals surface area contributed by atoms with Gasteiger partial charge in [0.15, 0.2) is 0 Å². The molecule has 0 radical (unpaired) electrons. The molecule has 7 rings (SSSR count). The van der Waals surface area contributed by atoms with Crippen LogP contribution in [0.5, 0.6) is 0 Å². The average Bonchev–Trinajstić information content (AvgIpc) is 3.21. The Kier molecular flexibility index (Phi) is 7.13. The summed E-state index contributed by atoms with van der Waals surface area (Å²) in [6.45, 7) is 12.2. The fourth-order valence-electron chi connectivity index (χ4n) is 7.97. The van der Waals surface area contributed by atoms with E-state index in [0.29, 0.717) is 64.3 Å². The number of halogens is 2. The SMILES string of the molecule is CC(C)CC(C)N1C(=O)C2=CC(Br)=C3Cc4c(ccc(c42)C1=O)-c1c(Br)cc2c4c(ccc3c14)C(=O)N(C(C)CC(C)C)C2=O. The van der Waals surface area contributed by atoms with E-state index in [1.165, 1.54) is 9.80 Å². The van der Waals surface area contributed by atoms with E-state index in [2.05, 4.69) is 59.6 Å². The third-order valence-electron chi connectivity index (χ3n) is 9.63. The molecule has 3 aromatic carbocycles. The van der Waals surface area contributed by atoms with Gasteiger partial charge in [0.1, 0.15) is 0 Å². The molecule has 3 aromatic rings. The van der Waals surface area contributed by atoms with Crippen LogP contribution in [0, 0.1) is 11.8 Å². The van der Waals surface area contributed by atoms with Gasteiger partial charge in [-0.3, -0.25) is 29.0 Å². The Morgan fingerprint density at radius 1 is 0.644 bits per heavy atom. The molecular weight excluding hydrogens is 696 g/mol. The van der Waals surface area contributed by atoms with Crippen LogP contribution >= 0.6 is 31.9 Å². The first kappa shape index (κ1) is 30.3. The normalized spacial score (nSPS) is 18.2. The second-order valence-electron chi connectivity index (χ2n) is 13.7. The molecule has 0 N–H and O–H groups in total. The maximum atomic E-state index is 14.1. The van der Waals surface area contributed by atoms with Crippen molar-refractivity contribution in [2.24, 2.45) is 11.8 Å². The molecular formula is C37H34Br2N2O4. The third-order valence-corrected chi connectivity index (χ3v) is 11.0. The minimum atomic E-state index is -0.286. The standard InChI is InChI=1S/C37H34Br2N2O4/c1-16(2)11-18(5)40-34(42)22-9-8-21-25-13-24(28(38)14-26(30(22)25)36(40)44)20-7-10-23-31-27(15-29(39)32(21)33(20)31)37(45)41(35(23)43)19(6)12-17(3)4/h7-10,14-19H,11-13H2,1-6H3. The molecule has 2 atom stereocenters. The quantitative estimate of drug-likeness (QED) is 0.238. The molecule has 0 saturated carbocycles. The Balaban J connectivity index is 1.51. The van der Waals surface area contributed by atoms with Crippen LogP contribution in [0.1, 0.15) is 102 Å². The van der Waals surface area contributed by atoms with Crippen LogP contribution in [-0.4, -0.2) is 45.5 Å². The van der Waals surface area contributed by atoms with Crippen molar-refractivity contribution >= 4 is 77.4 Å². The van der Waals surface area contributed by atoms with Crippen LogP contribution in [0.25, 0.3) is 33.0 Å². The smallest absolute Gasteiger partial charge is 0.261 e. The van der Waals surface area contributed by atoms with Gasteiger partial charge in [0.05, 0.1) is 0 Å². The van der Waals surface area contributed by atoms with Crippen molar-refractivity contribution in [2.75, 3.05) is 0 Å². The van der Waals surface area contributed by atoms with Crippen molar-refractivity contribution in [3.63, 3.8) is 0 Å². The number of imide groups is 2. The lowest BCUT2D eigenvalue weighted by Crippen LogP contribution is -2.47. The highest BCUT2D eigenvalue weighted by molar-refractivity contribution is 9.12. The zero-order valence-corrected chi connectivity index (χ0v) is 29.4. The fraction of sp³-hybridized carbons (Fsp3) is 0.351. The van der Waals surface area contributed by atoms with Crippen LogP contribution in [-0.2, 0) is 11.2 Å². The number of benzene rings is 3. The molecule has 0 aromatic heterocycles. The number of hydrogen-bond donors (Lipinski definition) is 0. The van der Waals surface area contributed by atoms with Gasteiger partial charge in [-0.05, 0) is 90.4 Å². The maximum Gasteiger partial charge on any atom is 0.261 e. The van der Waals surface area contributed by atoms with Gasteiger partial charge < -0.3 is 0 Å². The number of allylic oxidation sites excluding steroid dienone is 3. The number of carbonyl (C=O) groups is 4. The van der Waals surface area contributed by atoms with E-state index in [9.17, 15) is 19.2 Å². The van der Waals surface area contributed by atoms with E-state index in [4.69, 9.17) is 0 Å². The molecule has 2 aliphatic heterocycles. The molecule has 2 bridgehead atoms. The minimum Gasteiger partial charge on any atom is -0.272 e. The lowest BCUT2D eigenvalue weighted by molar-refractivity contribution is -0.124. The van der Waals surface area contributed by atoms with Gasteiger partial charge in [-0.2, -0.15) is 0 Å². The predicted octanol–water partition coefficient (Wildman–Crippen LogP) is 8.78. The lowest BCUT2D eigenvalue weighted by Gasteiger charge is -2.35. The summed E-state index contributed by atoms with van der Waals surface area (Å²) in [5.41, 5.74) is 7.19. The molecule has 4 amide bonds. The molecule has 0 spiro atoms. The number of carbonyl (C=O) groups excluding carboxylic acids is 4. The minimum absolute atomic E-state index is 0.245. The van der Waals surface area contributed by atoms with Crippen molar-refractivity contribution < 1.29 is 19.2 Å². The van der Waals surface area contributed by atoms with Crippen molar-refractivity contribution in [3.8, 4) is 11.1 Å². The predicted molar refractivity (Wildman–Crippen MR) is 184 cm³/mol. The number of rotatable bonds is 6. The zero-order chi connectivity index (χ0) is 32.2. The van der Waals surface area contributed by atoms with E-state index in [0.717, 1.165) is 42.2 Å². The van der Waals surface area contributed by atoms with Gasteiger partial charge in [-0.25, -0.2) is 0 Å². The summed E-state index contributed by atoms with van der Waals surface area (Å²) in [5, 5.41) is 1.49. The molecule has 4 aliphatic rings. The van der Waals surface area contributed by atoms with Crippen LogP contribution in [0.2, 0.25) is 0 Å². The van der Waals surface area contributed by atoms with Crippen molar-refractivity contribution in [2.45, 2.75) is 72.9 Å². The van der Waals surface area contributed by atoms with Gasteiger partial charge in [0, 0.05) is 66.2 Å². The van der Waals surface area contributed by atoms with Gasteiger partial charge in [0.25, 0.3) is 23.6 Å². The lowest BCUT2D eigenvalue weighted by atomic mass is 9.82. The number of hydrogen-bond acceptors (Lipinski definition) is 4. The average molecular weight is 730 g/mol. The van der Waals surface area contributed by atoms with E-state index < -0.39 is 0 Å². The van der Waals surface area contributed by atoms with E-state index in [1.807, 2.05) is 50.3 Å². The largest absolute Gasteiger partial charge is 0.272 e. The first-order valence-corrected chi connectivity index (χ1v) is 17.2. The molecule has 230 valence electrons. The molecule has 6 nitrogen and oxygen atoms in total. The first-order valence-electron chi connectivity index (χ1n) is 15.6. The summed E-state index contributed by atoms with van der Waals surface area (Å²) in [6.07, 6.45) is 3.77. The van der Waals surface area contributed by atoms with E-state index >= 15 is 0 Å². The molecule has 2 unspecified atom stereocenters. The zero-order valence-electron chi connectivity index (χ0n) is 26.2. The van der Waals surface area contributed by atoms with Crippen molar-refractivity contribution in [1.82, 2.24) is 9.80 Å². The monoisotopic (exact) mass is 728 g/mol. The second-order valence-corrected chi connectivity index (χ2v) is 15.4. The van der Waals surface area contributed by atoms with Gasteiger partial charge in [0.2, 0.25) is 0 Å². The van der Waals surface area contributed by atoms with Gasteiger partial charge in [-0.15, -0.1) is 0 Å². The maximum absolute atomic E-state index is 14.1. The van der Waals surface area contributed by atoms with Crippen molar-refractivity contribution in [1.29, 1.82) is 0 Å². The fourth-order valence-corrected chi connectivity index (χ4v) is 9.19. The summed E-state index contributed by atoms with van der Waals surface area (Å²) in [4.78, 5) is 59.0. The Hall–Kier alpha value is -3.36. The van der Waals surface area contributed by atoms with E-state index in [-0.39, 0.29) is 35.7 Å². The number of fused-ring (bicyclic) bond motifs is 3. The van der Waals surface area contributed by atoms with E-state index in [1.54, 1.807) is 0 Å². The Morgan fingerprint density at radius 3 is 1.82 bits per heavy atom. The summed E-state index contributed by atoms with van der Waals surface area (Å²) in [5.74, 6) is -0.465. The summed E-state index contributed by atoms with van der Waals surface area (Å²) in [7, 11) is 0.